The van der Waals surface area contributed by atoms with Gasteiger partial charge in [0.15, 0.2) is 5.17 Å². The van der Waals surface area contributed by atoms with Crippen molar-refractivity contribution in [2.75, 3.05) is 7.05 Å². The third kappa shape index (κ3) is 4.59. The SMILES string of the molecule is Cc1ccc(N=C2SC(=Cc3cccc(-c4cccc(C(=O)O)c4)c3)C(=O)N2C)cc1. The highest BCUT2D eigenvalue weighted by Gasteiger charge is 2.30. The Labute approximate surface area is 184 Å². The predicted octanol–water partition coefficient (Wildman–Crippen LogP) is 5.59. The molecule has 154 valence electrons. The summed E-state index contributed by atoms with van der Waals surface area (Å²) in [5, 5.41) is 9.86. The molecule has 1 N–H and O–H groups in total. The number of thioether (sulfide) groups is 1. The summed E-state index contributed by atoms with van der Waals surface area (Å²) in [5.74, 6) is -1.06. The molecule has 5 nitrogen and oxygen atoms in total. The van der Waals surface area contributed by atoms with Crippen LogP contribution in [0.15, 0.2) is 82.7 Å². The number of carbonyl (C=O) groups excluding carboxylic acids is 1. The molecule has 1 heterocycles. The maximum absolute atomic E-state index is 12.7. The Morgan fingerprint density at radius 2 is 1.68 bits per heavy atom. The molecule has 3 aromatic rings. The Balaban J connectivity index is 1.62. The number of amidine groups is 1. The molecule has 3 aromatic carbocycles. The zero-order valence-electron chi connectivity index (χ0n) is 17.1. The second kappa shape index (κ2) is 8.62. The second-order valence-corrected chi connectivity index (χ2v) is 8.23. The van der Waals surface area contributed by atoms with Crippen LogP contribution >= 0.6 is 11.8 Å². The van der Waals surface area contributed by atoms with Crippen molar-refractivity contribution in [2.45, 2.75) is 6.92 Å². The summed E-state index contributed by atoms with van der Waals surface area (Å²) >= 11 is 1.34. The van der Waals surface area contributed by atoms with Crippen LogP contribution in [0.3, 0.4) is 0 Å². The van der Waals surface area contributed by atoms with Gasteiger partial charge in [-0.2, -0.15) is 0 Å². The van der Waals surface area contributed by atoms with Crippen molar-refractivity contribution < 1.29 is 14.7 Å². The number of rotatable bonds is 4. The van der Waals surface area contributed by atoms with Crippen molar-refractivity contribution in [1.29, 1.82) is 0 Å². The number of aliphatic imine (C=N–C) groups is 1. The highest BCUT2D eigenvalue weighted by molar-refractivity contribution is 8.18. The molecular weight excluding hydrogens is 408 g/mol. The molecule has 31 heavy (non-hydrogen) atoms. The van der Waals surface area contributed by atoms with Crippen LogP contribution in [0, 0.1) is 6.92 Å². The minimum Gasteiger partial charge on any atom is -0.478 e. The standard InChI is InChI=1S/C25H20N2O3S/c1-16-9-11-21(12-10-16)26-25-27(2)23(28)22(31-25)14-17-5-3-6-18(13-17)19-7-4-8-20(15-19)24(29)30/h3-15H,1-2H3,(H,29,30). The molecule has 0 aliphatic carbocycles. The molecule has 0 aromatic heterocycles. The zero-order valence-corrected chi connectivity index (χ0v) is 17.9. The van der Waals surface area contributed by atoms with Gasteiger partial charge in [-0.25, -0.2) is 9.79 Å². The van der Waals surface area contributed by atoms with Crippen LogP contribution < -0.4 is 0 Å². The van der Waals surface area contributed by atoms with Crippen molar-refractivity contribution in [3.05, 3.63) is 94.4 Å². The third-order valence-corrected chi connectivity index (χ3v) is 5.95. The summed E-state index contributed by atoms with van der Waals surface area (Å²) in [6.45, 7) is 2.02. The number of likely N-dealkylation sites (N-methyl/N-ethyl adjacent to an activating group) is 1. The summed E-state index contributed by atoms with van der Waals surface area (Å²) in [4.78, 5) is 30.7. The van der Waals surface area contributed by atoms with Crippen molar-refractivity contribution in [3.63, 3.8) is 0 Å². The fourth-order valence-corrected chi connectivity index (χ4v) is 4.16. The van der Waals surface area contributed by atoms with Gasteiger partial charge in [0.2, 0.25) is 0 Å². The molecule has 6 heteroatoms. The number of aryl methyl sites for hydroxylation is 1. The number of nitrogens with zero attached hydrogens (tertiary/aromatic N) is 2. The Morgan fingerprint density at radius 3 is 2.39 bits per heavy atom. The number of benzene rings is 3. The Hall–Kier alpha value is -3.64. The van der Waals surface area contributed by atoms with E-state index in [1.807, 2.05) is 67.6 Å². The Bertz CT molecular complexity index is 1230. The van der Waals surface area contributed by atoms with Gasteiger partial charge in [0.05, 0.1) is 16.2 Å². The van der Waals surface area contributed by atoms with Crippen LogP contribution in [0.1, 0.15) is 21.5 Å². The van der Waals surface area contributed by atoms with Gasteiger partial charge >= 0.3 is 5.97 Å². The fourth-order valence-electron chi connectivity index (χ4n) is 3.17. The average Bonchev–Trinajstić information content (AvgIpc) is 3.03. The Kier molecular flexibility index (Phi) is 5.73. The van der Waals surface area contributed by atoms with Gasteiger partial charge in [-0.3, -0.25) is 9.69 Å². The minimum absolute atomic E-state index is 0.103. The number of carbonyl (C=O) groups is 2. The van der Waals surface area contributed by atoms with Crippen LogP contribution in [0.25, 0.3) is 17.2 Å². The molecule has 1 amide bonds. The maximum atomic E-state index is 12.7. The molecule has 0 unspecified atom stereocenters. The van der Waals surface area contributed by atoms with Gasteiger partial charge in [-0.15, -0.1) is 0 Å². The number of carboxylic acids is 1. The molecule has 1 aliphatic rings. The molecule has 1 saturated heterocycles. The maximum Gasteiger partial charge on any atom is 0.335 e. The number of hydrogen-bond donors (Lipinski definition) is 1. The lowest BCUT2D eigenvalue weighted by molar-refractivity contribution is -0.121. The summed E-state index contributed by atoms with van der Waals surface area (Å²) in [6, 6.07) is 22.3. The number of amides is 1. The van der Waals surface area contributed by atoms with E-state index in [9.17, 15) is 14.7 Å². The third-order valence-electron chi connectivity index (χ3n) is 4.89. The molecule has 0 atom stereocenters. The molecule has 4 rings (SSSR count). The second-order valence-electron chi connectivity index (χ2n) is 7.22. The largest absolute Gasteiger partial charge is 0.478 e. The van der Waals surface area contributed by atoms with E-state index in [2.05, 4.69) is 4.99 Å². The number of hydrogen-bond acceptors (Lipinski definition) is 4. The van der Waals surface area contributed by atoms with Gasteiger partial charge in [0, 0.05) is 7.05 Å². The lowest BCUT2D eigenvalue weighted by atomic mass is 10.0. The van der Waals surface area contributed by atoms with Gasteiger partial charge < -0.3 is 5.11 Å². The van der Waals surface area contributed by atoms with Crippen LogP contribution in [0.4, 0.5) is 5.69 Å². The molecule has 0 bridgehead atoms. The lowest BCUT2D eigenvalue weighted by Gasteiger charge is -2.07. The van der Waals surface area contributed by atoms with Crippen LogP contribution in [-0.4, -0.2) is 34.1 Å². The first-order valence-corrected chi connectivity index (χ1v) is 10.5. The number of aromatic carboxylic acids is 1. The topological polar surface area (TPSA) is 70.0 Å². The Morgan fingerprint density at radius 1 is 1.00 bits per heavy atom. The molecular formula is C25H20N2O3S. The molecule has 1 aliphatic heterocycles. The van der Waals surface area contributed by atoms with E-state index in [-0.39, 0.29) is 11.5 Å². The van der Waals surface area contributed by atoms with Gasteiger partial charge in [0.25, 0.3) is 5.91 Å². The van der Waals surface area contributed by atoms with E-state index in [0.29, 0.717) is 10.1 Å². The average molecular weight is 429 g/mol. The molecule has 0 radical (unpaired) electrons. The minimum atomic E-state index is -0.962. The highest BCUT2D eigenvalue weighted by Crippen LogP contribution is 2.33. The first kappa shape index (κ1) is 20.6. The van der Waals surface area contributed by atoms with E-state index < -0.39 is 5.97 Å². The van der Waals surface area contributed by atoms with Crippen LogP contribution in [0.5, 0.6) is 0 Å². The quantitative estimate of drug-likeness (QED) is 0.550. The monoisotopic (exact) mass is 428 g/mol. The van der Waals surface area contributed by atoms with Crippen LogP contribution in [-0.2, 0) is 4.79 Å². The highest BCUT2D eigenvalue weighted by atomic mass is 32.2. The van der Waals surface area contributed by atoms with Crippen molar-refractivity contribution in [2.24, 2.45) is 4.99 Å². The number of carboxylic acid groups (broad SMARTS) is 1. The fraction of sp³-hybridized carbons (Fsp3) is 0.0800. The van der Waals surface area contributed by atoms with Crippen LogP contribution in [0.2, 0.25) is 0 Å². The summed E-state index contributed by atoms with van der Waals surface area (Å²) < 4.78 is 0. The summed E-state index contributed by atoms with van der Waals surface area (Å²) in [7, 11) is 1.72. The van der Waals surface area contributed by atoms with Gasteiger partial charge in [-0.05, 0) is 71.8 Å². The van der Waals surface area contributed by atoms with Gasteiger partial charge in [-0.1, -0.05) is 48.0 Å². The van der Waals surface area contributed by atoms with Gasteiger partial charge in [0.1, 0.15) is 0 Å². The van der Waals surface area contributed by atoms with E-state index in [4.69, 9.17) is 0 Å². The normalized spacial score (nSPS) is 16.3. The zero-order chi connectivity index (χ0) is 22.0. The van der Waals surface area contributed by atoms with E-state index in [1.54, 1.807) is 30.1 Å². The smallest absolute Gasteiger partial charge is 0.335 e. The first-order valence-electron chi connectivity index (χ1n) is 9.67. The molecule has 0 saturated carbocycles. The summed E-state index contributed by atoms with van der Waals surface area (Å²) in [6.07, 6.45) is 1.84. The molecule has 0 spiro atoms. The summed E-state index contributed by atoms with van der Waals surface area (Å²) in [5.41, 5.74) is 4.75. The van der Waals surface area contributed by atoms with E-state index in [1.165, 1.54) is 11.8 Å². The predicted molar refractivity (Wildman–Crippen MR) is 125 cm³/mol. The van der Waals surface area contributed by atoms with Crippen molar-refractivity contribution >= 4 is 40.6 Å². The van der Waals surface area contributed by atoms with E-state index in [0.717, 1.165) is 27.9 Å². The molecule has 1 fully saturated rings. The first-order chi connectivity index (χ1) is 14.9. The lowest BCUT2D eigenvalue weighted by Crippen LogP contribution is -2.23. The van der Waals surface area contributed by atoms with Crippen molar-refractivity contribution in [3.8, 4) is 11.1 Å². The van der Waals surface area contributed by atoms with E-state index >= 15 is 0 Å². The van der Waals surface area contributed by atoms with Crippen molar-refractivity contribution in [1.82, 2.24) is 4.90 Å².